The summed E-state index contributed by atoms with van der Waals surface area (Å²) >= 11 is 5.62. The van der Waals surface area contributed by atoms with Crippen molar-refractivity contribution in [2.45, 2.75) is 0 Å². The molecule has 0 aliphatic carbocycles. The standard InChI is InChI=1S/C6H6ClO2P/c7-5-3-1-2-4-6(5)10(8)9/h1-4,8-9H. The van der Waals surface area contributed by atoms with Crippen molar-refractivity contribution < 1.29 is 9.79 Å². The van der Waals surface area contributed by atoms with E-state index in [0.717, 1.165) is 0 Å². The second kappa shape index (κ2) is 3.31. The Morgan fingerprint density at radius 2 is 1.80 bits per heavy atom. The molecule has 1 rings (SSSR count). The molecule has 0 saturated carbocycles. The minimum Gasteiger partial charge on any atom is -0.347 e. The second-order valence-corrected chi connectivity index (χ2v) is 3.21. The van der Waals surface area contributed by atoms with Gasteiger partial charge in [0.05, 0.1) is 5.02 Å². The van der Waals surface area contributed by atoms with E-state index in [1.54, 1.807) is 24.3 Å². The highest BCUT2D eigenvalue weighted by Gasteiger charge is 2.06. The lowest BCUT2D eigenvalue weighted by atomic mass is 10.4. The Hall–Kier alpha value is -0.140. The summed E-state index contributed by atoms with van der Waals surface area (Å²) in [7, 11) is -2.05. The molecule has 2 N–H and O–H groups in total. The summed E-state index contributed by atoms with van der Waals surface area (Å²) in [5, 5.41) is 0.803. The van der Waals surface area contributed by atoms with Crippen LogP contribution in [-0.4, -0.2) is 9.79 Å². The van der Waals surface area contributed by atoms with Gasteiger partial charge < -0.3 is 9.79 Å². The summed E-state index contributed by atoms with van der Waals surface area (Å²) in [5.74, 6) is 0. The van der Waals surface area contributed by atoms with Crippen molar-refractivity contribution in [3.8, 4) is 0 Å². The SMILES string of the molecule is OP(O)c1ccccc1Cl. The van der Waals surface area contributed by atoms with Crippen molar-refractivity contribution >= 4 is 25.3 Å². The van der Waals surface area contributed by atoms with Gasteiger partial charge in [-0.15, -0.1) is 0 Å². The highest BCUT2D eigenvalue weighted by molar-refractivity contribution is 7.54. The highest BCUT2D eigenvalue weighted by Crippen LogP contribution is 2.26. The summed E-state index contributed by atoms with van der Waals surface area (Å²) in [4.78, 5) is 17.5. The molecule has 0 bridgehead atoms. The van der Waals surface area contributed by atoms with Crippen LogP contribution in [0, 0.1) is 0 Å². The van der Waals surface area contributed by atoms with Gasteiger partial charge in [-0.05, 0) is 12.1 Å². The fraction of sp³-hybridized carbons (Fsp3) is 0. The molecule has 1 aromatic rings. The number of hydrogen-bond donors (Lipinski definition) is 2. The maximum absolute atomic E-state index is 8.74. The molecule has 0 fully saturated rings. The van der Waals surface area contributed by atoms with Crippen LogP contribution in [0.4, 0.5) is 0 Å². The fourth-order valence-electron chi connectivity index (χ4n) is 0.614. The van der Waals surface area contributed by atoms with Gasteiger partial charge in [0, 0.05) is 5.30 Å². The number of benzene rings is 1. The largest absolute Gasteiger partial charge is 0.347 e. The average molecular weight is 177 g/mol. The lowest BCUT2D eigenvalue weighted by molar-refractivity contribution is 0.497. The zero-order chi connectivity index (χ0) is 7.56. The monoisotopic (exact) mass is 176 g/mol. The van der Waals surface area contributed by atoms with Gasteiger partial charge in [0.15, 0.2) is 0 Å². The van der Waals surface area contributed by atoms with Gasteiger partial charge in [-0.25, -0.2) is 0 Å². The van der Waals surface area contributed by atoms with Crippen molar-refractivity contribution in [1.82, 2.24) is 0 Å². The number of halogens is 1. The Kier molecular flexibility index (Phi) is 2.64. The molecule has 0 radical (unpaired) electrons. The molecule has 0 heterocycles. The normalized spacial score (nSPS) is 10.4. The van der Waals surface area contributed by atoms with E-state index in [1.807, 2.05) is 0 Å². The van der Waals surface area contributed by atoms with Gasteiger partial charge >= 0.3 is 0 Å². The van der Waals surface area contributed by atoms with Crippen molar-refractivity contribution in [1.29, 1.82) is 0 Å². The Bertz CT molecular complexity index is 227. The van der Waals surface area contributed by atoms with E-state index in [2.05, 4.69) is 0 Å². The van der Waals surface area contributed by atoms with E-state index in [1.165, 1.54) is 0 Å². The molecule has 0 aromatic heterocycles. The molecule has 0 saturated heterocycles. The van der Waals surface area contributed by atoms with Gasteiger partial charge in [0.1, 0.15) is 0 Å². The first kappa shape index (κ1) is 7.96. The van der Waals surface area contributed by atoms with Crippen molar-refractivity contribution in [3.63, 3.8) is 0 Å². The molecule has 0 atom stereocenters. The van der Waals surface area contributed by atoms with Crippen molar-refractivity contribution in [3.05, 3.63) is 29.3 Å². The highest BCUT2D eigenvalue weighted by atomic mass is 35.5. The van der Waals surface area contributed by atoms with Crippen LogP contribution in [0.25, 0.3) is 0 Å². The van der Waals surface area contributed by atoms with Gasteiger partial charge in [-0.3, -0.25) is 0 Å². The molecule has 0 amide bonds. The van der Waals surface area contributed by atoms with Gasteiger partial charge in [0.25, 0.3) is 0 Å². The predicted molar refractivity (Wildman–Crippen MR) is 42.4 cm³/mol. The van der Waals surface area contributed by atoms with E-state index >= 15 is 0 Å². The molecule has 4 heteroatoms. The van der Waals surface area contributed by atoms with Gasteiger partial charge in [-0.1, -0.05) is 23.7 Å². The van der Waals surface area contributed by atoms with Crippen LogP contribution in [0.3, 0.4) is 0 Å². The first-order chi connectivity index (χ1) is 4.72. The second-order valence-electron chi connectivity index (χ2n) is 1.74. The van der Waals surface area contributed by atoms with Crippen LogP contribution in [0.1, 0.15) is 0 Å². The van der Waals surface area contributed by atoms with Gasteiger partial charge in [0.2, 0.25) is 8.38 Å². The summed E-state index contributed by atoms with van der Waals surface area (Å²) in [5.41, 5.74) is 0. The van der Waals surface area contributed by atoms with Crippen molar-refractivity contribution in [2.75, 3.05) is 0 Å². The topological polar surface area (TPSA) is 40.5 Å². The van der Waals surface area contributed by atoms with Crippen LogP contribution in [0.5, 0.6) is 0 Å². The molecule has 2 nitrogen and oxygen atoms in total. The van der Waals surface area contributed by atoms with Crippen LogP contribution in [0.15, 0.2) is 24.3 Å². The van der Waals surface area contributed by atoms with E-state index in [4.69, 9.17) is 21.4 Å². The third-order valence-corrected chi connectivity index (χ3v) is 2.35. The lowest BCUT2D eigenvalue weighted by Crippen LogP contribution is -1.99. The molecule has 0 unspecified atom stereocenters. The molecular formula is C6H6ClO2P. The third-order valence-electron chi connectivity index (χ3n) is 1.07. The van der Waals surface area contributed by atoms with Crippen molar-refractivity contribution in [2.24, 2.45) is 0 Å². The molecular weight excluding hydrogens is 170 g/mol. The van der Waals surface area contributed by atoms with E-state index in [9.17, 15) is 0 Å². The van der Waals surface area contributed by atoms with Crippen LogP contribution in [-0.2, 0) is 0 Å². The molecule has 54 valence electrons. The molecule has 1 aromatic carbocycles. The fourth-order valence-corrected chi connectivity index (χ4v) is 1.46. The van der Waals surface area contributed by atoms with E-state index < -0.39 is 8.38 Å². The Morgan fingerprint density at radius 1 is 1.20 bits per heavy atom. The predicted octanol–water partition coefficient (Wildman–Crippen LogP) is 1.26. The zero-order valence-electron chi connectivity index (χ0n) is 5.03. The summed E-state index contributed by atoms with van der Waals surface area (Å²) in [6.45, 7) is 0. The Labute approximate surface area is 65.0 Å². The first-order valence-corrected chi connectivity index (χ1v) is 4.27. The summed E-state index contributed by atoms with van der Waals surface area (Å²) in [6.07, 6.45) is 0. The van der Waals surface area contributed by atoms with Crippen LogP contribution in [0.2, 0.25) is 5.02 Å². The average Bonchev–Trinajstić information content (AvgIpc) is 1.88. The number of hydrogen-bond acceptors (Lipinski definition) is 2. The summed E-state index contributed by atoms with van der Waals surface area (Å²) < 4.78 is 0. The Balaban J connectivity index is 3.03. The maximum Gasteiger partial charge on any atom is 0.201 e. The Morgan fingerprint density at radius 3 is 2.20 bits per heavy atom. The molecule has 0 aliphatic rings. The molecule has 0 aliphatic heterocycles. The quantitative estimate of drug-likeness (QED) is 0.633. The van der Waals surface area contributed by atoms with E-state index in [0.29, 0.717) is 10.3 Å². The molecule has 10 heavy (non-hydrogen) atoms. The minimum atomic E-state index is -2.05. The first-order valence-electron chi connectivity index (χ1n) is 2.64. The number of rotatable bonds is 1. The maximum atomic E-state index is 8.74. The van der Waals surface area contributed by atoms with E-state index in [-0.39, 0.29) is 0 Å². The lowest BCUT2D eigenvalue weighted by Gasteiger charge is -2.02. The zero-order valence-corrected chi connectivity index (χ0v) is 6.68. The minimum absolute atomic E-state index is 0.401. The van der Waals surface area contributed by atoms with Crippen LogP contribution >= 0.6 is 20.0 Å². The third kappa shape index (κ3) is 1.68. The molecule has 0 spiro atoms. The smallest absolute Gasteiger partial charge is 0.201 e. The van der Waals surface area contributed by atoms with Gasteiger partial charge in [-0.2, -0.15) is 0 Å². The van der Waals surface area contributed by atoms with Crippen LogP contribution < -0.4 is 5.30 Å². The summed E-state index contributed by atoms with van der Waals surface area (Å²) in [6, 6.07) is 6.67.